The minimum atomic E-state index is -0.550. The predicted molar refractivity (Wildman–Crippen MR) is 150 cm³/mol. The molecule has 0 aliphatic rings. The van der Waals surface area contributed by atoms with E-state index in [0.717, 1.165) is 29.7 Å². The van der Waals surface area contributed by atoms with E-state index in [0.29, 0.717) is 12.8 Å². The van der Waals surface area contributed by atoms with Crippen molar-refractivity contribution in [2.45, 2.75) is 104 Å². The fourth-order valence-corrected chi connectivity index (χ4v) is 4.54. The molecule has 0 saturated heterocycles. The second-order valence-corrected chi connectivity index (χ2v) is 10.7. The lowest BCUT2D eigenvalue weighted by Gasteiger charge is -2.30. The zero-order valence-corrected chi connectivity index (χ0v) is 23.3. The molecule has 0 aliphatic carbocycles. The number of hydrogen-bond donors (Lipinski definition) is 0. The van der Waals surface area contributed by atoms with Gasteiger partial charge in [0.15, 0.2) is 0 Å². The topological polar surface area (TPSA) is 35.5 Å². The molecule has 0 N–H and O–H groups in total. The fraction of sp³-hybridized carbons (Fsp3) is 0.594. The number of unbranched alkanes of at least 4 members (excludes halogenated alkanes) is 8. The SMILES string of the molecule is CCCCCCCCCCCc1ccccc1OC(CC)OC(=O)CC[N+](C)(C)Cc1ccccc1. The third kappa shape index (κ3) is 12.6. The Labute approximate surface area is 220 Å². The zero-order chi connectivity index (χ0) is 26.1. The number of quaternary nitrogens is 1. The monoisotopic (exact) mass is 496 g/mol. The van der Waals surface area contributed by atoms with Gasteiger partial charge in [0.1, 0.15) is 12.3 Å². The van der Waals surface area contributed by atoms with E-state index in [4.69, 9.17) is 9.47 Å². The van der Waals surface area contributed by atoms with Crippen molar-refractivity contribution < 1.29 is 18.8 Å². The van der Waals surface area contributed by atoms with Gasteiger partial charge in [-0.2, -0.15) is 0 Å². The van der Waals surface area contributed by atoms with Gasteiger partial charge in [-0.1, -0.05) is 114 Å². The Morgan fingerprint density at radius 2 is 1.42 bits per heavy atom. The maximum atomic E-state index is 12.6. The number of nitrogens with zero attached hydrogens (tertiary/aromatic N) is 1. The third-order valence-electron chi connectivity index (χ3n) is 6.75. The van der Waals surface area contributed by atoms with Crippen LogP contribution in [0.3, 0.4) is 0 Å². The van der Waals surface area contributed by atoms with Crippen LogP contribution in [0.25, 0.3) is 0 Å². The normalized spacial score (nSPS) is 12.3. The summed E-state index contributed by atoms with van der Waals surface area (Å²) in [6.07, 6.45) is 13.3. The lowest BCUT2D eigenvalue weighted by atomic mass is 10.0. The van der Waals surface area contributed by atoms with E-state index in [-0.39, 0.29) is 5.97 Å². The second-order valence-electron chi connectivity index (χ2n) is 10.7. The first kappa shape index (κ1) is 29.9. The van der Waals surface area contributed by atoms with E-state index < -0.39 is 6.29 Å². The molecule has 2 aromatic rings. The molecule has 36 heavy (non-hydrogen) atoms. The summed E-state index contributed by atoms with van der Waals surface area (Å²) in [5.74, 6) is 0.648. The third-order valence-corrected chi connectivity index (χ3v) is 6.75. The average Bonchev–Trinajstić information content (AvgIpc) is 2.87. The number of esters is 1. The Morgan fingerprint density at radius 1 is 0.806 bits per heavy atom. The van der Waals surface area contributed by atoms with Crippen LogP contribution in [0.4, 0.5) is 0 Å². The van der Waals surface area contributed by atoms with E-state index in [1.807, 2.05) is 25.1 Å². The molecule has 0 radical (unpaired) electrons. The van der Waals surface area contributed by atoms with Crippen LogP contribution in [0, 0.1) is 0 Å². The van der Waals surface area contributed by atoms with Crippen molar-refractivity contribution in [2.24, 2.45) is 0 Å². The number of benzene rings is 2. The summed E-state index contributed by atoms with van der Waals surface area (Å²) in [6, 6.07) is 18.6. The first-order chi connectivity index (χ1) is 17.4. The molecule has 0 bridgehead atoms. The van der Waals surface area contributed by atoms with Crippen molar-refractivity contribution >= 4 is 5.97 Å². The number of aryl methyl sites for hydroxylation is 1. The molecule has 0 spiro atoms. The molecule has 1 atom stereocenters. The zero-order valence-electron chi connectivity index (χ0n) is 23.3. The Kier molecular flexibility index (Phi) is 14.3. The quantitative estimate of drug-likeness (QED) is 0.0853. The van der Waals surface area contributed by atoms with Crippen molar-refractivity contribution in [1.29, 1.82) is 0 Å². The molecule has 4 heteroatoms. The van der Waals surface area contributed by atoms with Crippen LogP contribution in [-0.2, 0) is 22.5 Å². The second kappa shape index (κ2) is 17.2. The van der Waals surface area contributed by atoms with Crippen LogP contribution < -0.4 is 4.74 Å². The summed E-state index contributed by atoms with van der Waals surface area (Å²) in [4.78, 5) is 12.6. The molecule has 1 unspecified atom stereocenters. The number of carbonyl (C=O) groups is 1. The van der Waals surface area contributed by atoms with Crippen molar-refractivity contribution in [1.82, 2.24) is 0 Å². The number of carbonyl (C=O) groups excluding carboxylic acids is 1. The summed E-state index contributed by atoms with van der Waals surface area (Å²) in [5, 5.41) is 0. The van der Waals surface area contributed by atoms with Gasteiger partial charge in [0.2, 0.25) is 6.29 Å². The van der Waals surface area contributed by atoms with Gasteiger partial charge in [-0.3, -0.25) is 4.79 Å². The molecule has 200 valence electrons. The number of hydrogen-bond acceptors (Lipinski definition) is 3. The van der Waals surface area contributed by atoms with Gasteiger partial charge in [0.05, 0.1) is 27.1 Å². The van der Waals surface area contributed by atoms with Crippen LogP contribution in [0.5, 0.6) is 5.75 Å². The van der Waals surface area contributed by atoms with E-state index in [9.17, 15) is 4.79 Å². The fourth-order valence-electron chi connectivity index (χ4n) is 4.54. The van der Waals surface area contributed by atoms with Gasteiger partial charge in [-0.15, -0.1) is 0 Å². The van der Waals surface area contributed by atoms with Gasteiger partial charge in [0.25, 0.3) is 0 Å². The van der Waals surface area contributed by atoms with Crippen molar-refractivity contribution in [3.05, 3.63) is 65.7 Å². The smallest absolute Gasteiger partial charge is 0.314 e. The number of rotatable bonds is 19. The Bertz CT molecular complexity index is 849. The highest BCUT2D eigenvalue weighted by molar-refractivity contribution is 5.69. The van der Waals surface area contributed by atoms with E-state index in [1.165, 1.54) is 68.9 Å². The Morgan fingerprint density at radius 3 is 2.08 bits per heavy atom. The molecule has 0 aliphatic heterocycles. The first-order valence-corrected chi connectivity index (χ1v) is 14.2. The predicted octanol–water partition coefficient (Wildman–Crippen LogP) is 8.08. The van der Waals surface area contributed by atoms with Crippen LogP contribution in [0.2, 0.25) is 0 Å². The maximum absolute atomic E-state index is 12.6. The largest absolute Gasteiger partial charge is 0.455 e. The minimum Gasteiger partial charge on any atom is -0.455 e. The van der Waals surface area contributed by atoms with Gasteiger partial charge >= 0.3 is 5.97 Å². The van der Waals surface area contributed by atoms with Crippen molar-refractivity contribution in [2.75, 3.05) is 20.6 Å². The molecule has 0 saturated carbocycles. The summed E-state index contributed by atoms with van der Waals surface area (Å²) in [7, 11) is 4.30. The average molecular weight is 497 g/mol. The summed E-state index contributed by atoms with van der Waals surface area (Å²) < 4.78 is 12.6. The van der Waals surface area contributed by atoms with E-state index >= 15 is 0 Å². The van der Waals surface area contributed by atoms with Gasteiger partial charge < -0.3 is 14.0 Å². The molecule has 2 aromatic carbocycles. The molecular formula is C32H50NO3+. The molecule has 0 heterocycles. The molecule has 0 fully saturated rings. The lowest BCUT2D eigenvalue weighted by Crippen LogP contribution is -2.41. The number of ether oxygens (including phenoxy) is 2. The molecule has 0 amide bonds. The highest BCUT2D eigenvalue weighted by atomic mass is 16.7. The van der Waals surface area contributed by atoms with Crippen LogP contribution in [0.1, 0.15) is 95.6 Å². The van der Waals surface area contributed by atoms with Crippen LogP contribution in [0.15, 0.2) is 54.6 Å². The van der Waals surface area contributed by atoms with Crippen LogP contribution >= 0.6 is 0 Å². The van der Waals surface area contributed by atoms with Crippen molar-refractivity contribution in [3.8, 4) is 5.75 Å². The van der Waals surface area contributed by atoms with E-state index in [2.05, 4.69) is 57.4 Å². The summed E-state index contributed by atoms with van der Waals surface area (Å²) in [6.45, 7) is 5.87. The number of para-hydroxylation sites is 1. The molecule has 0 aromatic heterocycles. The Hall–Kier alpha value is -2.33. The highest BCUT2D eigenvalue weighted by Crippen LogP contribution is 2.23. The van der Waals surface area contributed by atoms with Gasteiger partial charge in [0, 0.05) is 12.0 Å². The van der Waals surface area contributed by atoms with Crippen LogP contribution in [-0.4, -0.2) is 37.4 Å². The summed E-state index contributed by atoms with van der Waals surface area (Å²) >= 11 is 0. The van der Waals surface area contributed by atoms with E-state index in [1.54, 1.807) is 0 Å². The first-order valence-electron chi connectivity index (χ1n) is 14.2. The summed E-state index contributed by atoms with van der Waals surface area (Å²) in [5.41, 5.74) is 2.48. The molecule has 2 rings (SSSR count). The molecule has 4 nitrogen and oxygen atoms in total. The van der Waals surface area contributed by atoms with Gasteiger partial charge in [-0.05, 0) is 24.5 Å². The maximum Gasteiger partial charge on any atom is 0.314 e. The Balaban J connectivity index is 1.74. The molecular weight excluding hydrogens is 446 g/mol. The van der Waals surface area contributed by atoms with Gasteiger partial charge in [-0.25, -0.2) is 0 Å². The van der Waals surface area contributed by atoms with Crippen molar-refractivity contribution in [3.63, 3.8) is 0 Å². The standard InChI is InChI=1S/C32H50NO3/c1-5-7-8-9-10-11-12-13-17-22-29-23-18-19-24-30(29)35-32(6-2)36-31(34)25-26-33(3,4)27-28-20-15-14-16-21-28/h14-16,18-21,23-24,32H,5-13,17,22,25-27H2,1-4H3/q+1. The minimum absolute atomic E-state index is 0.197. The lowest BCUT2D eigenvalue weighted by molar-refractivity contribution is -0.903. The highest BCUT2D eigenvalue weighted by Gasteiger charge is 2.21.